The Morgan fingerprint density at radius 2 is 1.34 bits per heavy atom. The van der Waals surface area contributed by atoms with Crippen LogP contribution in [0.25, 0.3) is 22.3 Å². The third kappa shape index (κ3) is 5.46. The summed E-state index contributed by atoms with van der Waals surface area (Å²) in [6.45, 7) is 7.45. The lowest BCUT2D eigenvalue weighted by Gasteiger charge is -2.27. The fourth-order valence-electron chi connectivity index (χ4n) is 6.58. The lowest BCUT2D eigenvalue weighted by molar-refractivity contribution is 0.0987. The number of amides is 1. The molecule has 0 N–H and O–H groups in total. The van der Waals surface area contributed by atoms with Gasteiger partial charge in [-0.25, -0.2) is 0 Å². The molecule has 2 aromatic heterocycles. The fourth-order valence-corrected chi connectivity index (χ4v) is 6.58. The molecule has 2 aliphatic heterocycles. The first-order valence-electron chi connectivity index (χ1n) is 15.7. The van der Waals surface area contributed by atoms with Crippen molar-refractivity contribution in [1.29, 1.82) is 5.26 Å². The summed E-state index contributed by atoms with van der Waals surface area (Å²) in [5, 5.41) is 17.3. The van der Waals surface area contributed by atoms with Crippen LogP contribution in [-0.2, 0) is 12.8 Å². The summed E-state index contributed by atoms with van der Waals surface area (Å²) in [5.74, 6) is 1.79. The van der Waals surface area contributed by atoms with Crippen molar-refractivity contribution in [2.24, 2.45) is 0 Å². The molecule has 8 rings (SSSR count). The van der Waals surface area contributed by atoms with E-state index in [1.54, 1.807) is 0 Å². The molecule has 1 amide bonds. The average molecular weight is 620 g/mol. The van der Waals surface area contributed by atoms with E-state index in [1.165, 1.54) is 11.3 Å². The van der Waals surface area contributed by atoms with E-state index in [2.05, 4.69) is 46.4 Å². The largest absolute Gasteiger partial charge is 0.360 e. The second kappa shape index (κ2) is 12.5. The minimum Gasteiger partial charge on any atom is -0.360 e. The van der Waals surface area contributed by atoms with E-state index in [9.17, 15) is 4.79 Å². The fraction of sp³-hybridized carbons (Fsp3) is 0.179. The molecule has 2 aliphatic rings. The molecule has 0 radical (unpaired) electrons. The van der Waals surface area contributed by atoms with Crippen LogP contribution in [0.15, 0.2) is 106 Å². The predicted molar refractivity (Wildman–Crippen MR) is 182 cm³/mol. The average Bonchev–Trinajstić information content (AvgIpc) is 3.54. The van der Waals surface area contributed by atoms with Gasteiger partial charge in [-0.2, -0.15) is 5.26 Å². The molecule has 0 atom stereocenters. The van der Waals surface area contributed by atoms with Crippen LogP contribution in [0.5, 0.6) is 0 Å². The number of nitrogens with zero attached hydrogens (tertiary/aromatic N) is 5. The standard InChI is InChI=1S/C20H17N3O.C19H16N2O2/c1-13-4-3-5-17-19-14(2)22-24-18(19)10-11-23(20(13)17)16-8-6-15(12-21)7-9-16;1-13-18-15-9-5-6-10-16(15)21(12-11-17(18)23-20-13)19(22)14-7-3-2-4-8-14/h3-9H,10-11H2,1-2H3;2-10H,11-12H2,1H3. The molecule has 4 heterocycles. The van der Waals surface area contributed by atoms with Crippen molar-refractivity contribution < 1.29 is 13.8 Å². The van der Waals surface area contributed by atoms with Crippen molar-refractivity contribution in [2.75, 3.05) is 22.9 Å². The molecule has 0 fully saturated rings. The molecule has 8 nitrogen and oxygen atoms in total. The topological polar surface area (TPSA) is 99.4 Å². The molecule has 4 aromatic carbocycles. The van der Waals surface area contributed by atoms with E-state index in [4.69, 9.17) is 14.3 Å². The highest BCUT2D eigenvalue weighted by Gasteiger charge is 2.29. The minimum atomic E-state index is 0.00816. The SMILES string of the molecule is Cc1cccc2c1N(c1ccc(C#N)cc1)CCc1onc(C)c1-2.Cc1noc2c1-c1ccccc1N(C(=O)c1ccccc1)CC2. The summed E-state index contributed by atoms with van der Waals surface area (Å²) in [6, 6.07) is 33.6. The Labute approximate surface area is 273 Å². The van der Waals surface area contributed by atoms with Gasteiger partial charge in [-0.15, -0.1) is 0 Å². The number of benzene rings is 4. The van der Waals surface area contributed by atoms with Crippen LogP contribution in [0, 0.1) is 32.1 Å². The maximum atomic E-state index is 13.0. The number of para-hydroxylation sites is 2. The molecular formula is C39H33N5O3. The van der Waals surface area contributed by atoms with Crippen LogP contribution >= 0.6 is 0 Å². The number of carbonyl (C=O) groups excluding carboxylic acids is 1. The Kier molecular flexibility index (Phi) is 7.88. The van der Waals surface area contributed by atoms with Crippen LogP contribution in [-0.4, -0.2) is 29.3 Å². The van der Waals surface area contributed by atoms with Crippen molar-refractivity contribution in [3.05, 3.63) is 137 Å². The molecule has 0 saturated carbocycles. The zero-order chi connectivity index (χ0) is 32.5. The third-order valence-corrected chi connectivity index (χ3v) is 8.81. The lowest BCUT2D eigenvalue weighted by atomic mass is 9.99. The van der Waals surface area contributed by atoms with Crippen LogP contribution in [0.4, 0.5) is 17.1 Å². The normalized spacial score (nSPS) is 13.1. The van der Waals surface area contributed by atoms with Crippen LogP contribution in [0.3, 0.4) is 0 Å². The maximum Gasteiger partial charge on any atom is 0.258 e. The Morgan fingerprint density at radius 3 is 2.04 bits per heavy atom. The van der Waals surface area contributed by atoms with E-state index >= 15 is 0 Å². The molecule has 47 heavy (non-hydrogen) atoms. The summed E-state index contributed by atoms with van der Waals surface area (Å²) in [6.07, 6.45) is 1.45. The van der Waals surface area contributed by atoms with Crippen molar-refractivity contribution in [2.45, 2.75) is 33.6 Å². The summed E-state index contributed by atoms with van der Waals surface area (Å²) in [4.78, 5) is 17.1. The maximum absolute atomic E-state index is 13.0. The number of hydrogen-bond donors (Lipinski definition) is 0. The number of carbonyl (C=O) groups is 1. The lowest BCUT2D eigenvalue weighted by Crippen LogP contribution is -2.32. The number of hydrogen-bond acceptors (Lipinski definition) is 7. The van der Waals surface area contributed by atoms with Gasteiger partial charge in [0, 0.05) is 59.4 Å². The number of rotatable bonds is 2. The van der Waals surface area contributed by atoms with Crippen LogP contribution in [0.1, 0.15) is 44.4 Å². The van der Waals surface area contributed by atoms with Gasteiger partial charge in [-0.3, -0.25) is 4.79 Å². The number of aromatic nitrogens is 2. The molecule has 0 saturated heterocycles. The van der Waals surface area contributed by atoms with Gasteiger partial charge in [0.1, 0.15) is 11.5 Å². The van der Waals surface area contributed by atoms with E-state index in [0.717, 1.165) is 69.5 Å². The van der Waals surface area contributed by atoms with E-state index in [1.807, 2.05) is 97.6 Å². The molecule has 0 unspecified atom stereocenters. The van der Waals surface area contributed by atoms with Crippen molar-refractivity contribution >= 4 is 23.0 Å². The molecule has 0 spiro atoms. The first kappa shape index (κ1) is 29.8. The Morgan fingerprint density at radius 1 is 0.723 bits per heavy atom. The highest BCUT2D eigenvalue weighted by molar-refractivity contribution is 6.08. The second-order valence-electron chi connectivity index (χ2n) is 11.8. The third-order valence-electron chi connectivity index (χ3n) is 8.81. The zero-order valence-corrected chi connectivity index (χ0v) is 26.5. The summed E-state index contributed by atoms with van der Waals surface area (Å²) in [5.41, 5.74) is 11.8. The number of nitriles is 1. The minimum absolute atomic E-state index is 0.00816. The molecule has 6 aromatic rings. The zero-order valence-electron chi connectivity index (χ0n) is 26.5. The van der Waals surface area contributed by atoms with Crippen LogP contribution < -0.4 is 9.80 Å². The quantitative estimate of drug-likeness (QED) is 0.192. The van der Waals surface area contributed by atoms with Gasteiger partial charge in [-0.1, -0.05) is 64.9 Å². The first-order valence-corrected chi connectivity index (χ1v) is 15.7. The first-order chi connectivity index (χ1) is 22.9. The van der Waals surface area contributed by atoms with E-state index < -0.39 is 0 Å². The summed E-state index contributed by atoms with van der Waals surface area (Å²) >= 11 is 0. The van der Waals surface area contributed by atoms with Gasteiger partial charge in [0.2, 0.25) is 0 Å². The van der Waals surface area contributed by atoms with Gasteiger partial charge >= 0.3 is 0 Å². The smallest absolute Gasteiger partial charge is 0.258 e. The van der Waals surface area contributed by atoms with Gasteiger partial charge in [-0.05, 0) is 68.8 Å². The van der Waals surface area contributed by atoms with Crippen molar-refractivity contribution in [3.8, 4) is 28.3 Å². The molecule has 0 bridgehead atoms. The molecule has 0 aliphatic carbocycles. The highest BCUT2D eigenvalue weighted by atomic mass is 16.5. The van der Waals surface area contributed by atoms with Gasteiger partial charge < -0.3 is 18.8 Å². The number of aryl methyl sites for hydroxylation is 3. The highest BCUT2D eigenvalue weighted by Crippen LogP contribution is 2.43. The predicted octanol–water partition coefficient (Wildman–Crippen LogP) is 8.38. The number of fused-ring (bicyclic) bond motifs is 6. The Bertz CT molecular complexity index is 2120. The van der Waals surface area contributed by atoms with E-state index in [0.29, 0.717) is 24.1 Å². The second-order valence-corrected chi connectivity index (χ2v) is 11.8. The van der Waals surface area contributed by atoms with Crippen LogP contribution in [0.2, 0.25) is 0 Å². The van der Waals surface area contributed by atoms with Crippen molar-refractivity contribution in [3.63, 3.8) is 0 Å². The van der Waals surface area contributed by atoms with E-state index in [-0.39, 0.29) is 5.91 Å². The molecule has 8 heteroatoms. The number of anilines is 3. The van der Waals surface area contributed by atoms with Gasteiger partial charge in [0.25, 0.3) is 5.91 Å². The Balaban J connectivity index is 0.000000150. The van der Waals surface area contributed by atoms with Crippen molar-refractivity contribution in [1.82, 2.24) is 10.3 Å². The summed E-state index contributed by atoms with van der Waals surface area (Å²) < 4.78 is 11.0. The van der Waals surface area contributed by atoms with Gasteiger partial charge in [0.15, 0.2) is 0 Å². The molecule has 232 valence electrons. The Hall–Kier alpha value is -5.94. The summed E-state index contributed by atoms with van der Waals surface area (Å²) in [7, 11) is 0. The van der Waals surface area contributed by atoms with Gasteiger partial charge in [0.05, 0.1) is 34.4 Å². The molecular weight excluding hydrogens is 586 g/mol. The monoisotopic (exact) mass is 619 g/mol.